The third-order valence-electron chi connectivity index (χ3n) is 29.0. The Morgan fingerprint density at radius 3 is 0.944 bits per heavy atom. The topological polar surface area (TPSA) is 107 Å². The maximum atomic E-state index is 5.43. The Balaban J connectivity index is 0.000000103. The van der Waals surface area contributed by atoms with Crippen LogP contribution in [0.5, 0.6) is 0 Å². The second-order valence-electron chi connectivity index (χ2n) is 37.1. The molecule has 0 aliphatic heterocycles. The number of fused-ring (bicyclic) bond motifs is 26. The first kappa shape index (κ1) is 81.6. The summed E-state index contributed by atoms with van der Waals surface area (Å²) in [6.45, 7) is 0. The van der Waals surface area contributed by atoms with Crippen molar-refractivity contribution in [3.8, 4) is 79.5 Å². The van der Waals surface area contributed by atoms with Crippen LogP contribution in [0.3, 0.4) is 0 Å². The van der Waals surface area contributed by atoms with Gasteiger partial charge in [0.05, 0.1) is 99.5 Å². The van der Waals surface area contributed by atoms with Crippen molar-refractivity contribution in [3.63, 3.8) is 0 Å². The van der Waals surface area contributed by atoms with Crippen molar-refractivity contribution in [3.05, 3.63) is 497 Å². The fourth-order valence-electron chi connectivity index (χ4n) is 22.6. The minimum atomic E-state index is 0.663. The van der Waals surface area contributed by atoms with Crippen molar-refractivity contribution in [1.29, 1.82) is 0 Å². The average Bonchev–Trinajstić information content (AvgIpc) is 1.55. The van der Waals surface area contributed by atoms with Crippen LogP contribution in [-0.2, 0) is 0 Å². The number of nitrogens with zero attached hydrogens (tertiary/aromatic N) is 12. The highest BCUT2D eigenvalue weighted by molar-refractivity contribution is 6.28. The van der Waals surface area contributed by atoms with Gasteiger partial charge in [-0.3, -0.25) is 13.7 Å². The molecule has 0 saturated carbocycles. The Morgan fingerprint density at radius 2 is 0.444 bits per heavy atom. The number of para-hydroxylation sites is 11. The SMILES string of the molecule is c1ccc(-c2cccc(-c3nc4ccccc4nc3-n3c4ccccc4c4cc5c6c7ccccc7ccc6n(-c6ccccc6)c5cc43)c2)cc1.c1ccc(-c2nc(-n3c4ccccc4c4cc5c6c7ccccc7ccc6n(-c6ccccc6)c5cc43)nc3ccccc23)cc1.c1ccc(-c2nc3ccccc3nc2-n2c3cc4ccccc4cc3c3cc4c5ccccc5n(-c5ccccc5)c4cc32)cc1. The fourth-order valence-corrected chi connectivity index (χ4v) is 22.6. The molecule has 0 saturated heterocycles. The molecule has 9 aromatic heterocycles. The van der Waals surface area contributed by atoms with E-state index in [4.69, 9.17) is 29.9 Å². The summed E-state index contributed by atoms with van der Waals surface area (Å²) in [4.78, 5) is 31.9. The summed E-state index contributed by atoms with van der Waals surface area (Å²) in [6, 6.07) is 177. The molecule has 144 heavy (non-hydrogen) atoms. The zero-order chi connectivity index (χ0) is 94.6. The van der Waals surface area contributed by atoms with E-state index in [-0.39, 0.29) is 0 Å². The zero-order valence-electron chi connectivity index (χ0n) is 77.7. The lowest BCUT2D eigenvalue weighted by Crippen LogP contribution is -2.04. The van der Waals surface area contributed by atoms with Crippen LogP contribution < -0.4 is 0 Å². The molecule has 0 atom stereocenters. The molecule has 0 unspecified atom stereocenters. The summed E-state index contributed by atoms with van der Waals surface area (Å²) in [5.74, 6) is 2.29. The molecule has 0 bridgehead atoms. The normalized spacial score (nSPS) is 11.9. The molecule has 31 rings (SSSR count). The number of aromatic nitrogens is 12. The smallest absolute Gasteiger partial charge is 0.235 e. The summed E-state index contributed by atoms with van der Waals surface area (Å²) in [5.41, 5.74) is 29.4. The van der Waals surface area contributed by atoms with Crippen LogP contribution in [0.4, 0.5) is 0 Å². The second kappa shape index (κ2) is 33.1. The van der Waals surface area contributed by atoms with E-state index in [1.165, 1.54) is 119 Å². The van der Waals surface area contributed by atoms with Gasteiger partial charge in [-0.05, 0) is 195 Å². The van der Waals surface area contributed by atoms with Gasteiger partial charge >= 0.3 is 0 Å². The highest BCUT2D eigenvalue weighted by Gasteiger charge is 2.29. The highest BCUT2D eigenvalue weighted by Crippen LogP contribution is 2.49. The van der Waals surface area contributed by atoms with Crippen molar-refractivity contribution in [2.75, 3.05) is 0 Å². The molecule has 670 valence electrons. The molecule has 31 aromatic rings. The van der Waals surface area contributed by atoms with Gasteiger partial charge in [0.2, 0.25) is 5.95 Å². The van der Waals surface area contributed by atoms with Gasteiger partial charge < -0.3 is 13.7 Å². The van der Waals surface area contributed by atoms with Gasteiger partial charge in [0, 0.05) is 104 Å². The molecule has 22 aromatic carbocycles. The van der Waals surface area contributed by atoms with Crippen molar-refractivity contribution in [1.82, 2.24) is 57.3 Å². The number of rotatable bonds is 10. The van der Waals surface area contributed by atoms with Crippen LogP contribution in [0.1, 0.15) is 0 Å². The van der Waals surface area contributed by atoms with Gasteiger partial charge in [0.25, 0.3) is 0 Å². The lowest BCUT2D eigenvalue weighted by Gasteiger charge is -2.15. The molecular weight excluding hydrogens is 1750 g/mol. The van der Waals surface area contributed by atoms with Gasteiger partial charge in [-0.2, -0.15) is 0 Å². The van der Waals surface area contributed by atoms with Crippen LogP contribution >= 0.6 is 0 Å². The lowest BCUT2D eigenvalue weighted by atomic mass is 10.0. The third-order valence-corrected chi connectivity index (χ3v) is 29.0. The number of benzene rings is 22. The summed E-state index contributed by atoms with van der Waals surface area (Å²) in [6.07, 6.45) is 0. The second-order valence-corrected chi connectivity index (χ2v) is 37.1. The summed E-state index contributed by atoms with van der Waals surface area (Å²) in [7, 11) is 0. The van der Waals surface area contributed by atoms with Crippen molar-refractivity contribution in [2.24, 2.45) is 0 Å². The summed E-state index contributed by atoms with van der Waals surface area (Å²) < 4.78 is 14.1. The van der Waals surface area contributed by atoms with E-state index >= 15 is 0 Å². The Labute approximate surface area is 824 Å². The predicted molar refractivity (Wildman–Crippen MR) is 599 cm³/mol. The van der Waals surface area contributed by atoms with E-state index < -0.39 is 0 Å². The fraction of sp³-hybridized carbons (Fsp3) is 0. The van der Waals surface area contributed by atoms with E-state index in [2.05, 4.69) is 476 Å². The van der Waals surface area contributed by atoms with Gasteiger partial charge in [0.1, 0.15) is 11.4 Å². The predicted octanol–water partition coefficient (Wildman–Crippen LogP) is 33.6. The molecule has 0 spiro atoms. The molecule has 12 heteroatoms. The quantitative estimate of drug-likeness (QED) is 0.135. The van der Waals surface area contributed by atoms with E-state index in [1.807, 2.05) is 48.5 Å². The van der Waals surface area contributed by atoms with Crippen molar-refractivity contribution >= 4 is 196 Å². The van der Waals surface area contributed by atoms with E-state index in [0.717, 1.165) is 151 Å². The van der Waals surface area contributed by atoms with Crippen LogP contribution in [0.15, 0.2) is 497 Å². The zero-order valence-corrected chi connectivity index (χ0v) is 77.7. The molecule has 0 aliphatic carbocycles. The highest BCUT2D eigenvalue weighted by atomic mass is 15.2. The first-order valence-corrected chi connectivity index (χ1v) is 48.9. The maximum Gasteiger partial charge on any atom is 0.235 e. The van der Waals surface area contributed by atoms with Gasteiger partial charge in [0.15, 0.2) is 11.6 Å². The first-order valence-electron chi connectivity index (χ1n) is 48.9. The standard InChI is InChI=1S/C48H30N4.2C42H26N4/c1-3-14-31(15-4-1)33-17-13-18-34(28-33)47-48(50-41-24-11-10-23-40(41)49-47)52-42-25-12-9-22-37(42)38-29-39-45(30-44(38)52)51(35-19-5-2-6-20-35)43-27-26-32-16-7-8-21-36(32)46(39)43;1-3-13-27(14-4-1)41-42(44-36-21-11-10-20-35(36)43-41)46-38-24-29-16-8-7-15-28(29)23-32(38)34-25-33-31-19-9-12-22-37(31)45(39(33)26-40(34)46)30-17-5-2-6-18-30;1-3-14-28(15-4-1)41-32-20-9-11-21-35(32)43-42(44-41)46-36-22-12-10-19-31(36)33-25-34-39(26-38(33)46)45(29-16-5-2-6-17-29)37-24-23-27-13-7-8-18-30(27)40(34)37/h1-30H;2*1-26H. The molecule has 0 N–H and O–H groups in total. The van der Waals surface area contributed by atoms with Gasteiger partial charge in [-0.15, -0.1) is 0 Å². The molecule has 0 amide bonds. The first-order chi connectivity index (χ1) is 71.4. The van der Waals surface area contributed by atoms with E-state index in [0.29, 0.717) is 5.95 Å². The average molecular weight is 1840 g/mol. The summed E-state index contributed by atoms with van der Waals surface area (Å²) in [5, 5.41) is 23.0. The Kier molecular flexibility index (Phi) is 18.8. The van der Waals surface area contributed by atoms with Crippen molar-refractivity contribution in [2.45, 2.75) is 0 Å². The molecular formula is C132H82N12. The van der Waals surface area contributed by atoms with Crippen LogP contribution in [0.2, 0.25) is 0 Å². The Bertz CT molecular complexity index is 10700. The largest absolute Gasteiger partial charge is 0.309 e. The lowest BCUT2D eigenvalue weighted by molar-refractivity contribution is 1.01. The molecule has 12 nitrogen and oxygen atoms in total. The minimum Gasteiger partial charge on any atom is -0.309 e. The minimum absolute atomic E-state index is 0.663. The third kappa shape index (κ3) is 13.1. The van der Waals surface area contributed by atoms with Gasteiger partial charge in [-0.25, -0.2) is 29.9 Å². The molecule has 0 fully saturated rings. The van der Waals surface area contributed by atoms with Crippen LogP contribution in [0.25, 0.3) is 276 Å². The van der Waals surface area contributed by atoms with Gasteiger partial charge in [-0.1, -0.05) is 346 Å². The van der Waals surface area contributed by atoms with E-state index in [9.17, 15) is 0 Å². The van der Waals surface area contributed by atoms with Crippen LogP contribution in [-0.4, -0.2) is 57.3 Å². The number of hydrogen-bond donors (Lipinski definition) is 0. The molecule has 9 heterocycles. The number of hydrogen-bond acceptors (Lipinski definition) is 6. The Hall–Kier alpha value is -19.6. The Morgan fingerprint density at radius 1 is 0.132 bits per heavy atom. The monoisotopic (exact) mass is 1830 g/mol. The molecule has 0 aliphatic rings. The van der Waals surface area contributed by atoms with Crippen molar-refractivity contribution < 1.29 is 0 Å². The summed E-state index contributed by atoms with van der Waals surface area (Å²) >= 11 is 0. The van der Waals surface area contributed by atoms with E-state index in [1.54, 1.807) is 0 Å². The van der Waals surface area contributed by atoms with Crippen LogP contribution in [0, 0.1) is 0 Å². The molecule has 0 radical (unpaired) electrons. The maximum absolute atomic E-state index is 5.43.